The molecule has 0 unspecified atom stereocenters. The molecule has 1 aliphatic rings. The Morgan fingerprint density at radius 2 is 2.00 bits per heavy atom. The maximum atomic E-state index is 5.64. The van der Waals surface area contributed by atoms with E-state index >= 15 is 0 Å². The van der Waals surface area contributed by atoms with Crippen LogP contribution in [0.2, 0.25) is 0 Å². The lowest BCUT2D eigenvalue weighted by Gasteiger charge is -2.25. The summed E-state index contributed by atoms with van der Waals surface area (Å²) in [6.45, 7) is 1.30. The molecule has 2 rings (SSSR count). The molecule has 1 heterocycles. The van der Waals surface area contributed by atoms with Crippen molar-refractivity contribution in [2.75, 3.05) is 18.5 Å². The zero-order valence-corrected chi connectivity index (χ0v) is 10.7. The van der Waals surface area contributed by atoms with Crippen LogP contribution in [0.1, 0.15) is 5.56 Å². The molecule has 76 valence electrons. The third-order valence-corrected chi connectivity index (χ3v) is 3.43. The maximum Gasteiger partial charge on any atom is 0.205 e. The number of hydrogen-bond donors (Lipinski definition) is 0. The quantitative estimate of drug-likeness (QED) is 0.779. The Balaban J connectivity index is 2.35. The molecule has 0 bridgehead atoms. The number of rotatable bonds is 2. The Morgan fingerprint density at radius 3 is 2.57 bits per heavy atom. The number of halogens is 2. The number of alkyl halides is 1. The third-order valence-electron chi connectivity index (χ3n) is 2.19. The van der Waals surface area contributed by atoms with E-state index in [0.717, 1.165) is 10.0 Å². The maximum absolute atomic E-state index is 5.64. The van der Waals surface area contributed by atoms with E-state index in [1.54, 1.807) is 0 Å². The van der Waals surface area contributed by atoms with Crippen molar-refractivity contribution < 1.29 is 9.47 Å². The van der Waals surface area contributed by atoms with Crippen molar-refractivity contribution in [1.82, 2.24) is 0 Å². The van der Waals surface area contributed by atoms with Gasteiger partial charge in [-0.05, 0) is 12.1 Å². The fourth-order valence-corrected chi connectivity index (χ4v) is 2.55. The first-order valence-corrected chi connectivity index (χ1v) is 6.28. The van der Waals surface area contributed by atoms with E-state index < -0.39 is 5.79 Å². The van der Waals surface area contributed by atoms with Crippen molar-refractivity contribution >= 4 is 31.9 Å². The second-order valence-electron chi connectivity index (χ2n) is 3.09. The van der Waals surface area contributed by atoms with Crippen molar-refractivity contribution in [2.24, 2.45) is 0 Å². The topological polar surface area (TPSA) is 18.5 Å². The van der Waals surface area contributed by atoms with E-state index in [2.05, 4.69) is 31.9 Å². The molecule has 1 fully saturated rings. The summed E-state index contributed by atoms with van der Waals surface area (Å²) < 4.78 is 12.3. The van der Waals surface area contributed by atoms with E-state index in [4.69, 9.17) is 9.47 Å². The Kier molecular flexibility index (Phi) is 3.27. The molecule has 14 heavy (non-hydrogen) atoms. The van der Waals surface area contributed by atoms with Gasteiger partial charge in [0.2, 0.25) is 5.79 Å². The summed E-state index contributed by atoms with van der Waals surface area (Å²) >= 11 is 6.87. The van der Waals surface area contributed by atoms with Gasteiger partial charge in [-0.15, -0.1) is 0 Å². The van der Waals surface area contributed by atoms with E-state index in [1.807, 2.05) is 24.3 Å². The second-order valence-corrected chi connectivity index (χ2v) is 4.57. The van der Waals surface area contributed by atoms with Crippen LogP contribution in [0.25, 0.3) is 0 Å². The zero-order chi connectivity index (χ0) is 10.0. The van der Waals surface area contributed by atoms with Gasteiger partial charge in [0, 0.05) is 10.0 Å². The fraction of sp³-hybridized carbons (Fsp3) is 0.400. The number of ether oxygens (including phenoxy) is 2. The SMILES string of the molecule is BrCC1(c2cccc(Br)c2)OCCO1. The molecule has 1 aliphatic heterocycles. The lowest BCUT2D eigenvalue weighted by atomic mass is 10.1. The molecule has 0 spiro atoms. The molecule has 0 N–H and O–H groups in total. The van der Waals surface area contributed by atoms with Gasteiger partial charge in [-0.1, -0.05) is 44.0 Å². The zero-order valence-electron chi connectivity index (χ0n) is 7.50. The predicted molar refractivity (Wildman–Crippen MR) is 61.5 cm³/mol. The highest BCUT2D eigenvalue weighted by Gasteiger charge is 2.37. The average Bonchev–Trinajstić information content (AvgIpc) is 2.67. The standard InChI is InChI=1S/C10H10Br2O2/c11-7-10(13-4-5-14-10)8-2-1-3-9(12)6-8/h1-3,6H,4-5,7H2. The van der Waals surface area contributed by atoms with Gasteiger partial charge >= 0.3 is 0 Å². The van der Waals surface area contributed by atoms with E-state index in [0.29, 0.717) is 18.5 Å². The molecule has 0 saturated carbocycles. The highest BCUT2D eigenvalue weighted by molar-refractivity contribution is 9.10. The molecule has 0 aliphatic carbocycles. The fourth-order valence-electron chi connectivity index (χ4n) is 1.50. The van der Waals surface area contributed by atoms with E-state index in [9.17, 15) is 0 Å². The number of hydrogen-bond acceptors (Lipinski definition) is 2. The first-order valence-electron chi connectivity index (χ1n) is 4.37. The molecule has 1 aromatic rings. The molecule has 4 heteroatoms. The van der Waals surface area contributed by atoms with Gasteiger partial charge < -0.3 is 9.47 Å². The van der Waals surface area contributed by atoms with Gasteiger partial charge in [0.15, 0.2) is 0 Å². The van der Waals surface area contributed by atoms with Crippen LogP contribution in [0.4, 0.5) is 0 Å². The highest BCUT2D eigenvalue weighted by Crippen LogP contribution is 2.34. The van der Waals surface area contributed by atoms with Crippen molar-refractivity contribution in [3.8, 4) is 0 Å². The summed E-state index contributed by atoms with van der Waals surface area (Å²) in [7, 11) is 0. The molecular formula is C10H10Br2O2. The molecule has 1 saturated heterocycles. The normalized spacial score (nSPS) is 19.9. The lowest BCUT2D eigenvalue weighted by molar-refractivity contribution is -0.144. The second kappa shape index (κ2) is 4.31. The minimum Gasteiger partial charge on any atom is -0.343 e. The van der Waals surface area contributed by atoms with Gasteiger partial charge in [-0.2, -0.15) is 0 Å². The summed E-state index contributed by atoms with van der Waals surface area (Å²) in [6.07, 6.45) is 0. The number of benzene rings is 1. The van der Waals surface area contributed by atoms with Crippen LogP contribution in [0, 0.1) is 0 Å². The monoisotopic (exact) mass is 320 g/mol. The summed E-state index contributed by atoms with van der Waals surface area (Å²) in [4.78, 5) is 0. The van der Waals surface area contributed by atoms with Crippen LogP contribution in [0.3, 0.4) is 0 Å². The van der Waals surface area contributed by atoms with Gasteiger partial charge in [0.25, 0.3) is 0 Å². The van der Waals surface area contributed by atoms with Crippen LogP contribution in [-0.4, -0.2) is 18.5 Å². The van der Waals surface area contributed by atoms with Gasteiger partial charge in [-0.25, -0.2) is 0 Å². The molecule has 0 aromatic heterocycles. The Morgan fingerprint density at radius 1 is 1.29 bits per heavy atom. The molecule has 0 radical (unpaired) electrons. The van der Waals surface area contributed by atoms with Crippen molar-refractivity contribution in [2.45, 2.75) is 5.79 Å². The van der Waals surface area contributed by atoms with Crippen LogP contribution >= 0.6 is 31.9 Å². The van der Waals surface area contributed by atoms with Crippen LogP contribution in [-0.2, 0) is 15.3 Å². The summed E-state index contributed by atoms with van der Waals surface area (Å²) in [5, 5.41) is 0.649. The molecule has 2 nitrogen and oxygen atoms in total. The molecule has 0 atom stereocenters. The van der Waals surface area contributed by atoms with Crippen LogP contribution < -0.4 is 0 Å². The van der Waals surface area contributed by atoms with Crippen LogP contribution in [0.15, 0.2) is 28.7 Å². The Hall–Kier alpha value is 0.1000. The third kappa shape index (κ3) is 1.89. The Bertz CT molecular complexity index is 322. The molecular weight excluding hydrogens is 312 g/mol. The Labute approximate surface area is 99.8 Å². The largest absolute Gasteiger partial charge is 0.343 e. The smallest absolute Gasteiger partial charge is 0.205 e. The predicted octanol–water partition coefficient (Wildman–Crippen LogP) is 3.04. The average molecular weight is 322 g/mol. The summed E-state index contributed by atoms with van der Waals surface area (Å²) in [5.41, 5.74) is 1.04. The van der Waals surface area contributed by atoms with E-state index in [1.165, 1.54) is 0 Å². The first-order chi connectivity index (χ1) is 6.77. The minimum atomic E-state index is -0.593. The lowest BCUT2D eigenvalue weighted by Crippen LogP contribution is -2.28. The van der Waals surface area contributed by atoms with Gasteiger partial charge in [-0.3, -0.25) is 0 Å². The van der Waals surface area contributed by atoms with E-state index in [-0.39, 0.29) is 0 Å². The van der Waals surface area contributed by atoms with Gasteiger partial charge in [0.05, 0.1) is 18.5 Å². The first kappa shape index (κ1) is 10.6. The summed E-state index contributed by atoms with van der Waals surface area (Å²) in [6, 6.07) is 8.00. The minimum absolute atomic E-state index is 0.593. The highest BCUT2D eigenvalue weighted by atomic mass is 79.9. The summed E-state index contributed by atoms with van der Waals surface area (Å²) in [5.74, 6) is -0.593. The van der Waals surface area contributed by atoms with Crippen LogP contribution in [0.5, 0.6) is 0 Å². The van der Waals surface area contributed by atoms with Crippen molar-refractivity contribution in [3.63, 3.8) is 0 Å². The molecule has 1 aromatic carbocycles. The van der Waals surface area contributed by atoms with Crippen molar-refractivity contribution in [1.29, 1.82) is 0 Å². The van der Waals surface area contributed by atoms with Crippen molar-refractivity contribution in [3.05, 3.63) is 34.3 Å². The van der Waals surface area contributed by atoms with Gasteiger partial charge in [0.1, 0.15) is 0 Å². The molecule has 0 amide bonds.